The van der Waals surface area contributed by atoms with Gasteiger partial charge >= 0.3 is 0 Å². The molecule has 0 amide bonds. The number of sulfone groups is 1. The molecule has 0 bridgehead atoms. The number of hydrogen-bond donors (Lipinski definition) is 1. The van der Waals surface area contributed by atoms with Crippen LogP contribution in [0.2, 0.25) is 0 Å². The highest BCUT2D eigenvalue weighted by atomic mass is 32.2. The molecule has 0 aliphatic heterocycles. The summed E-state index contributed by atoms with van der Waals surface area (Å²) in [6, 6.07) is 3.15. The summed E-state index contributed by atoms with van der Waals surface area (Å²) in [6.07, 6.45) is 4.88. The monoisotopic (exact) mass is 272 g/mol. The molecule has 0 radical (unpaired) electrons. The zero-order valence-corrected chi connectivity index (χ0v) is 11.7. The number of aromatic nitrogens is 1. The third-order valence-electron chi connectivity index (χ3n) is 2.35. The molecule has 0 unspecified atom stereocenters. The Morgan fingerprint density at radius 1 is 1.39 bits per heavy atom. The zero-order chi connectivity index (χ0) is 13.4. The molecule has 0 aliphatic carbocycles. The molecule has 1 aromatic rings. The lowest BCUT2D eigenvalue weighted by molar-refractivity contribution is 0.141. The van der Waals surface area contributed by atoms with Gasteiger partial charge < -0.3 is 10.1 Å². The average molecular weight is 272 g/mol. The minimum atomic E-state index is -3.25. The maximum atomic E-state index is 11.5. The fraction of sp³-hybridized carbons (Fsp3) is 0.583. The highest BCUT2D eigenvalue weighted by Gasteiger charge is 2.13. The lowest BCUT2D eigenvalue weighted by Crippen LogP contribution is -2.13. The van der Waals surface area contributed by atoms with Crippen molar-refractivity contribution in [3.05, 3.63) is 18.3 Å². The van der Waals surface area contributed by atoms with Gasteiger partial charge in [0.15, 0.2) is 9.84 Å². The van der Waals surface area contributed by atoms with Gasteiger partial charge in [0, 0.05) is 25.6 Å². The van der Waals surface area contributed by atoms with E-state index in [4.69, 9.17) is 4.74 Å². The fourth-order valence-electron chi connectivity index (χ4n) is 1.41. The van der Waals surface area contributed by atoms with Crippen LogP contribution in [0.3, 0.4) is 0 Å². The largest absolute Gasteiger partial charge is 0.380 e. The van der Waals surface area contributed by atoms with E-state index >= 15 is 0 Å². The molecule has 102 valence electrons. The summed E-state index contributed by atoms with van der Waals surface area (Å²) in [5.74, 6) is 0.388. The fourth-order valence-corrected chi connectivity index (χ4v) is 2.21. The van der Waals surface area contributed by atoms with Crippen molar-refractivity contribution in [2.75, 3.05) is 31.3 Å². The number of anilines is 1. The predicted molar refractivity (Wildman–Crippen MR) is 71.6 cm³/mol. The quantitative estimate of drug-likeness (QED) is 0.730. The Labute approximate surface area is 108 Å². The van der Waals surface area contributed by atoms with Gasteiger partial charge in [0.1, 0.15) is 10.7 Å². The highest BCUT2D eigenvalue weighted by Crippen LogP contribution is 2.17. The summed E-state index contributed by atoms with van der Waals surface area (Å²) in [5.41, 5.74) is 0. The Hall–Kier alpha value is -1.14. The normalized spacial score (nSPS) is 11.4. The maximum Gasteiger partial charge on any atom is 0.179 e. The first-order chi connectivity index (χ1) is 8.55. The van der Waals surface area contributed by atoms with Gasteiger partial charge in [-0.15, -0.1) is 0 Å². The molecule has 1 N–H and O–H groups in total. The maximum absolute atomic E-state index is 11.5. The first-order valence-electron chi connectivity index (χ1n) is 6.02. The molecule has 18 heavy (non-hydrogen) atoms. The van der Waals surface area contributed by atoms with Gasteiger partial charge in [0.25, 0.3) is 0 Å². The summed E-state index contributed by atoms with van der Waals surface area (Å²) >= 11 is 0. The number of nitrogens with one attached hydrogen (secondary N) is 1. The van der Waals surface area contributed by atoms with E-state index in [2.05, 4.69) is 17.2 Å². The molecule has 1 heterocycles. The van der Waals surface area contributed by atoms with Crippen LogP contribution in [0.4, 0.5) is 5.82 Å². The van der Waals surface area contributed by atoms with Crippen molar-refractivity contribution in [3.8, 4) is 0 Å². The van der Waals surface area contributed by atoms with Crippen LogP contribution in [0.1, 0.15) is 19.8 Å². The van der Waals surface area contributed by atoms with Gasteiger partial charge in [-0.05, 0) is 18.6 Å². The molecule has 1 rings (SSSR count). The third-order valence-corrected chi connectivity index (χ3v) is 3.48. The van der Waals surface area contributed by atoms with Crippen LogP contribution in [0.5, 0.6) is 0 Å². The van der Waals surface area contributed by atoms with Gasteiger partial charge in [0.05, 0.1) is 6.61 Å². The summed E-state index contributed by atoms with van der Waals surface area (Å²) in [6.45, 7) is 3.93. The minimum Gasteiger partial charge on any atom is -0.380 e. The van der Waals surface area contributed by atoms with E-state index in [0.717, 1.165) is 19.4 Å². The molecule has 0 saturated heterocycles. The standard InChI is InChI=1S/C12H20N2O3S/c1-3-4-9-17-10-8-14-12-11(18(2,15)16)6-5-7-13-12/h5-7H,3-4,8-10H2,1-2H3,(H,13,14). The second-order valence-electron chi connectivity index (χ2n) is 4.02. The second kappa shape index (κ2) is 7.33. The predicted octanol–water partition coefficient (Wildman–Crippen LogP) is 1.71. The molecule has 0 aromatic carbocycles. The lowest BCUT2D eigenvalue weighted by Gasteiger charge is -2.09. The van der Waals surface area contributed by atoms with Crippen LogP contribution in [-0.4, -0.2) is 39.4 Å². The van der Waals surface area contributed by atoms with Gasteiger partial charge in [-0.2, -0.15) is 0 Å². The Morgan fingerprint density at radius 2 is 2.17 bits per heavy atom. The summed E-state index contributed by atoms with van der Waals surface area (Å²) in [7, 11) is -3.25. The van der Waals surface area contributed by atoms with Gasteiger partial charge in [0.2, 0.25) is 0 Å². The van der Waals surface area contributed by atoms with Crippen molar-refractivity contribution in [2.24, 2.45) is 0 Å². The molecule has 5 nitrogen and oxygen atoms in total. The first kappa shape index (κ1) is 14.9. The molecule has 0 spiro atoms. The highest BCUT2D eigenvalue weighted by molar-refractivity contribution is 7.90. The summed E-state index contributed by atoms with van der Waals surface area (Å²) in [4.78, 5) is 4.25. The number of rotatable bonds is 8. The van der Waals surface area contributed by atoms with Crippen molar-refractivity contribution in [2.45, 2.75) is 24.7 Å². The minimum absolute atomic E-state index is 0.221. The Bertz CT molecular complexity index is 460. The van der Waals surface area contributed by atoms with Crippen molar-refractivity contribution in [1.29, 1.82) is 0 Å². The summed E-state index contributed by atoms with van der Waals surface area (Å²) in [5, 5.41) is 2.98. The topological polar surface area (TPSA) is 68.3 Å². The van der Waals surface area contributed by atoms with E-state index in [9.17, 15) is 8.42 Å². The van der Waals surface area contributed by atoms with Crippen LogP contribution in [0, 0.1) is 0 Å². The van der Waals surface area contributed by atoms with Crippen molar-refractivity contribution >= 4 is 15.7 Å². The van der Waals surface area contributed by atoms with E-state index < -0.39 is 9.84 Å². The van der Waals surface area contributed by atoms with E-state index in [1.54, 1.807) is 18.3 Å². The molecular formula is C12H20N2O3S. The van der Waals surface area contributed by atoms with Crippen LogP contribution in [0.25, 0.3) is 0 Å². The van der Waals surface area contributed by atoms with Gasteiger partial charge in [-0.25, -0.2) is 13.4 Å². The SMILES string of the molecule is CCCCOCCNc1ncccc1S(C)(=O)=O. The van der Waals surface area contributed by atoms with Crippen molar-refractivity contribution in [3.63, 3.8) is 0 Å². The first-order valence-corrected chi connectivity index (χ1v) is 7.91. The number of unbranched alkanes of at least 4 members (excludes halogenated alkanes) is 1. The number of nitrogens with zero attached hydrogens (tertiary/aromatic N) is 1. The smallest absolute Gasteiger partial charge is 0.179 e. The van der Waals surface area contributed by atoms with Crippen LogP contribution < -0.4 is 5.32 Å². The van der Waals surface area contributed by atoms with E-state index in [-0.39, 0.29) is 4.90 Å². The third kappa shape index (κ3) is 5.01. The van der Waals surface area contributed by atoms with E-state index in [1.165, 1.54) is 6.26 Å². The van der Waals surface area contributed by atoms with Gasteiger partial charge in [-0.1, -0.05) is 13.3 Å². The van der Waals surface area contributed by atoms with Gasteiger partial charge in [-0.3, -0.25) is 0 Å². The summed E-state index contributed by atoms with van der Waals surface area (Å²) < 4.78 is 28.4. The Kier molecular flexibility index (Phi) is 6.07. The van der Waals surface area contributed by atoms with Crippen LogP contribution in [0.15, 0.2) is 23.2 Å². The van der Waals surface area contributed by atoms with Crippen LogP contribution in [-0.2, 0) is 14.6 Å². The second-order valence-corrected chi connectivity index (χ2v) is 6.00. The molecular weight excluding hydrogens is 252 g/mol. The average Bonchev–Trinajstić information content (AvgIpc) is 2.33. The molecule has 0 atom stereocenters. The number of hydrogen-bond acceptors (Lipinski definition) is 5. The zero-order valence-electron chi connectivity index (χ0n) is 10.8. The Morgan fingerprint density at radius 3 is 2.83 bits per heavy atom. The van der Waals surface area contributed by atoms with E-state index in [1.807, 2.05) is 0 Å². The van der Waals surface area contributed by atoms with Crippen molar-refractivity contribution in [1.82, 2.24) is 4.98 Å². The molecule has 0 fully saturated rings. The molecule has 0 aliphatic rings. The molecule has 0 saturated carbocycles. The molecule has 1 aromatic heterocycles. The van der Waals surface area contributed by atoms with Crippen molar-refractivity contribution < 1.29 is 13.2 Å². The Balaban J connectivity index is 2.48. The molecule has 6 heteroatoms. The van der Waals surface area contributed by atoms with Crippen LogP contribution >= 0.6 is 0 Å². The number of pyridine rings is 1. The number of ether oxygens (including phenoxy) is 1. The van der Waals surface area contributed by atoms with E-state index in [0.29, 0.717) is 19.0 Å². The lowest BCUT2D eigenvalue weighted by atomic mass is 10.4.